The van der Waals surface area contributed by atoms with Gasteiger partial charge in [-0.25, -0.2) is 9.18 Å². The zero-order valence-corrected chi connectivity index (χ0v) is 11.1. The molecular formula is C13H16FN3O3. The molecule has 3 N–H and O–H groups in total. The molecule has 0 bridgehead atoms. The monoisotopic (exact) mass is 281 g/mol. The molecule has 0 radical (unpaired) electrons. The number of hydrogen-bond acceptors (Lipinski definition) is 4. The van der Waals surface area contributed by atoms with Gasteiger partial charge in [-0.15, -0.1) is 0 Å². The number of carbonyl (C=O) groups excluding carboxylic acids is 2. The predicted molar refractivity (Wildman–Crippen MR) is 70.7 cm³/mol. The van der Waals surface area contributed by atoms with Gasteiger partial charge in [-0.1, -0.05) is 0 Å². The summed E-state index contributed by atoms with van der Waals surface area (Å²) < 4.78 is 17.9. The third kappa shape index (κ3) is 2.98. The van der Waals surface area contributed by atoms with Crippen molar-refractivity contribution in [3.8, 4) is 0 Å². The van der Waals surface area contributed by atoms with Gasteiger partial charge in [0, 0.05) is 18.7 Å². The first kappa shape index (κ1) is 14.1. The minimum atomic E-state index is -0.612. The van der Waals surface area contributed by atoms with Crippen molar-refractivity contribution in [2.45, 2.75) is 12.5 Å². The van der Waals surface area contributed by atoms with Crippen LogP contribution in [0.25, 0.3) is 0 Å². The number of nitrogens with two attached hydrogens (primary N) is 1. The number of nitrogens with zero attached hydrogens (tertiary/aromatic N) is 1. The largest absolute Gasteiger partial charge is 0.453 e. The highest BCUT2D eigenvalue weighted by atomic mass is 19.1. The molecule has 1 heterocycles. The van der Waals surface area contributed by atoms with Crippen LogP contribution in [0.15, 0.2) is 18.2 Å². The number of nitrogens with one attached hydrogen (secondary N) is 1. The number of halogens is 1. The lowest BCUT2D eigenvalue weighted by molar-refractivity contribution is 0.0787. The highest BCUT2D eigenvalue weighted by Crippen LogP contribution is 2.17. The predicted octanol–water partition coefficient (Wildman–Crippen LogP) is 0.978. The van der Waals surface area contributed by atoms with E-state index in [1.54, 1.807) is 4.90 Å². The molecule has 1 fully saturated rings. The zero-order valence-electron chi connectivity index (χ0n) is 11.1. The van der Waals surface area contributed by atoms with E-state index >= 15 is 0 Å². The molecule has 2 rings (SSSR count). The second kappa shape index (κ2) is 5.77. The number of likely N-dealkylation sites (tertiary alicyclic amines) is 1. The van der Waals surface area contributed by atoms with Gasteiger partial charge in [-0.2, -0.15) is 0 Å². The number of hydrogen-bond donors (Lipinski definition) is 2. The van der Waals surface area contributed by atoms with Crippen LogP contribution < -0.4 is 11.1 Å². The average Bonchev–Trinajstić information content (AvgIpc) is 2.89. The van der Waals surface area contributed by atoms with Gasteiger partial charge in [0.1, 0.15) is 5.82 Å². The summed E-state index contributed by atoms with van der Waals surface area (Å²) in [6.07, 6.45) is 0.112. The first-order chi connectivity index (χ1) is 9.51. The number of nitrogen functional groups attached to an aromatic ring is 1. The fourth-order valence-electron chi connectivity index (χ4n) is 2.13. The molecule has 108 valence electrons. The van der Waals surface area contributed by atoms with Crippen LogP contribution in [0, 0.1) is 5.82 Å². The molecule has 6 nitrogen and oxygen atoms in total. The number of ether oxygens (including phenoxy) is 1. The highest BCUT2D eigenvalue weighted by molar-refractivity contribution is 5.94. The van der Waals surface area contributed by atoms with Crippen molar-refractivity contribution in [2.75, 3.05) is 25.9 Å². The molecule has 0 aliphatic carbocycles. The van der Waals surface area contributed by atoms with Gasteiger partial charge in [-0.3, -0.25) is 4.79 Å². The smallest absolute Gasteiger partial charge is 0.407 e. The SMILES string of the molecule is COC(=O)NC1CCN(C(=O)c2ccc(N)c(F)c2)C1. The Hall–Kier alpha value is -2.31. The molecule has 1 aromatic carbocycles. The van der Waals surface area contributed by atoms with E-state index in [-0.39, 0.29) is 23.2 Å². The number of carbonyl (C=O) groups is 2. The minimum absolute atomic E-state index is 0.00760. The lowest BCUT2D eigenvalue weighted by Gasteiger charge is -2.17. The van der Waals surface area contributed by atoms with Crippen LogP contribution in [-0.4, -0.2) is 43.1 Å². The van der Waals surface area contributed by atoms with Gasteiger partial charge in [-0.05, 0) is 24.6 Å². The number of alkyl carbamates (subject to hydrolysis) is 1. The molecular weight excluding hydrogens is 265 g/mol. The Bertz CT molecular complexity index is 536. The van der Waals surface area contributed by atoms with Crippen molar-refractivity contribution < 1.29 is 18.7 Å². The Morgan fingerprint density at radius 3 is 2.90 bits per heavy atom. The molecule has 0 aromatic heterocycles. The van der Waals surface area contributed by atoms with Crippen LogP contribution in [-0.2, 0) is 4.74 Å². The Morgan fingerprint density at radius 1 is 1.50 bits per heavy atom. The Kier molecular flexibility index (Phi) is 4.07. The summed E-state index contributed by atoms with van der Waals surface area (Å²) in [5.74, 6) is -0.891. The van der Waals surface area contributed by atoms with Crippen molar-refractivity contribution in [1.29, 1.82) is 0 Å². The molecule has 1 aliphatic rings. The number of rotatable bonds is 2. The molecule has 0 saturated carbocycles. The number of methoxy groups -OCH3 is 1. The molecule has 7 heteroatoms. The van der Waals surface area contributed by atoms with Crippen molar-refractivity contribution in [3.63, 3.8) is 0 Å². The third-order valence-electron chi connectivity index (χ3n) is 3.23. The summed E-state index contributed by atoms with van der Waals surface area (Å²) in [7, 11) is 1.28. The lowest BCUT2D eigenvalue weighted by atomic mass is 10.2. The lowest BCUT2D eigenvalue weighted by Crippen LogP contribution is -2.38. The molecule has 0 spiro atoms. The summed E-state index contributed by atoms with van der Waals surface area (Å²) in [5.41, 5.74) is 5.63. The van der Waals surface area contributed by atoms with E-state index in [0.717, 1.165) is 6.07 Å². The second-order valence-electron chi connectivity index (χ2n) is 4.61. The normalized spacial score (nSPS) is 17.9. The molecule has 2 amide bonds. The van der Waals surface area contributed by atoms with Gasteiger partial charge in [0.15, 0.2) is 0 Å². The van der Waals surface area contributed by atoms with Crippen LogP contribution in [0.1, 0.15) is 16.8 Å². The molecule has 1 saturated heterocycles. The average molecular weight is 281 g/mol. The van der Waals surface area contributed by atoms with E-state index in [1.807, 2.05) is 0 Å². The van der Waals surface area contributed by atoms with E-state index < -0.39 is 11.9 Å². The maximum atomic E-state index is 13.4. The standard InChI is InChI=1S/C13H16FN3O3/c1-20-13(19)16-9-4-5-17(7-9)12(18)8-2-3-11(15)10(14)6-8/h2-3,6,9H,4-5,7,15H2,1H3,(H,16,19). The van der Waals surface area contributed by atoms with Gasteiger partial charge >= 0.3 is 6.09 Å². The Labute approximate surface area is 115 Å². The van der Waals surface area contributed by atoms with Crippen molar-refractivity contribution in [3.05, 3.63) is 29.6 Å². The maximum Gasteiger partial charge on any atom is 0.407 e. The van der Waals surface area contributed by atoms with Gasteiger partial charge < -0.3 is 20.7 Å². The van der Waals surface area contributed by atoms with Crippen LogP contribution in [0.4, 0.5) is 14.9 Å². The van der Waals surface area contributed by atoms with E-state index in [2.05, 4.69) is 10.1 Å². The fraction of sp³-hybridized carbons (Fsp3) is 0.385. The Balaban J connectivity index is 2.00. The summed E-state index contributed by atoms with van der Waals surface area (Å²) >= 11 is 0. The van der Waals surface area contributed by atoms with Gasteiger partial charge in [0.05, 0.1) is 18.8 Å². The van der Waals surface area contributed by atoms with Crippen LogP contribution in [0.2, 0.25) is 0 Å². The highest BCUT2D eigenvalue weighted by Gasteiger charge is 2.28. The first-order valence-corrected chi connectivity index (χ1v) is 6.20. The second-order valence-corrected chi connectivity index (χ2v) is 4.61. The first-order valence-electron chi connectivity index (χ1n) is 6.20. The van der Waals surface area contributed by atoms with E-state index in [9.17, 15) is 14.0 Å². The van der Waals surface area contributed by atoms with Crippen LogP contribution in [0.3, 0.4) is 0 Å². The van der Waals surface area contributed by atoms with E-state index in [0.29, 0.717) is 19.5 Å². The molecule has 1 atom stereocenters. The Morgan fingerprint density at radius 2 is 2.25 bits per heavy atom. The van der Waals surface area contributed by atoms with E-state index in [4.69, 9.17) is 5.73 Å². The zero-order chi connectivity index (χ0) is 14.7. The van der Waals surface area contributed by atoms with Gasteiger partial charge in [0.2, 0.25) is 0 Å². The van der Waals surface area contributed by atoms with Crippen molar-refractivity contribution in [2.24, 2.45) is 0 Å². The topological polar surface area (TPSA) is 84.7 Å². The summed E-state index contributed by atoms with van der Waals surface area (Å²) in [5, 5.41) is 2.64. The minimum Gasteiger partial charge on any atom is -0.453 e. The quantitative estimate of drug-likeness (QED) is 0.791. The molecule has 1 unspecified atom stereocenters. The fourth-order valence-corrected chi connectivity index (χ4v) is 2.13. The number of benzene rings is 1. The van der Waals surface area contributed by atoms with E-state index in [1.165, 1.54) is 19.2 Å². The van der Waals surface area contributed by atoms with Crippen LogP contribution >= 0.6 is 0 Å². The molecule has 1 aliphatic heterocycles. The summed E-state index contributed by atoms with van der Waals surface area (Å²) in [4.78, 5) is 24.8. The van der Waals surface area contributed by atoms with Crippen molar-refractivity contribution >= 4 is 17.7 Å². The molecule has 1 aromatic rings. The summed E-state index contributed by atoms with van der Waals surface area (Å²) in [6.45, 7) is 0.874. The van der Waals surface area contributed by atoms with Gasteiger partial charge in [0.25, 0.3) is 5.91 Å². The van der Waals surface area contributed by atoms with Crippen LogP contribution in [0.5, 0.6) is 0 Å². The maximum absolute atomic E-state index is 13.4. The molecule has 20 heavy (non-hydrogen) atoms. The summed E-state index contributed by atoms with van der Waals surface area (Å²) in [6, 6.07) is 3.83. The number of amides is 2. The third-order valence-corrected chi connectivity index (χ3v) is 3.23. The van der Waals surface area contributed by atoms with Crippen molar-refractivity contribution in [1.82, 2.24) is 10.2 Å². The number of anilines is 1.